The average Bonchev–Trinajstić information content (AvgIpc) is 2.87. The Bertz CT molecular complexity index is 559. The Labute approximate surface area is 137 Å². The molecule has 2 aromatic rings. The lowest BCUT2D eigenvalue weighted by Crippen LogP contribution is -2.13. The van der Waals surface area contributed by atoms with Crippen molar-refractivity contribution in [2.75, 3.05) is 17.3 Å². The molecule has 0 radical (unpaired) electrons. The summed E-state index contributed by atoms with van der Waals surface area (Å²) >= 11 is 6.46. The zero-order chi connectivity index (χ0) is 13.7. The lowest BCUT2D eigenvalue weighted by atomic mass is 10.3. The first-order valence-corrected chi connectivity index (χ1v) is 9.29. The molecule has 0 aliphatic rings. The first-order chi connectivity index (χ1) is 9.17. The largest absolute Gasteiger partial charge is 0.325 e. The third kappa shape index (κ3) is 4.93. The Morgan fingerprint density at radius 2 is 2.16 bits per heavy atom. The number of aromatic nitrogens is 2. The van der Waals surface area contributed by atoms with Crippen LogP contribution in [0.4, 0.5) is 5.69 Å². The van der Waals surface area contributed by atoms with Crippen LogP contribution < -0.4 is 5.32 Å². The highest BCUT2D eigenvalue weighted by Crippen LogP contribution is 2.23. The zero-order valence-electron chi connectivity index (χ0n) is 9.92. The average molecular weight is 423 g/mol. The molecule has 100 valence electrons. The van der Waals surface area contributed by atoms with Crippen LogP contribution in [0.3, 0.4) is 0 Å². The summed E-state index contributed by atoms with van der Waals surface area (Å²) in [6.45, 7) is 0. The van der Waals surface area contributed by atoms with Gasteiger partial charge in [-0.25, -0.2) is 4.98 Å². The zero-order valence-corrected chi connectivity index (χ0v) is 14.5. The van der Waals surface area contributed by atoms with Gasteiger partial charge >= 0.3 is 0 Å². The fourth-order valence-corrected chi connectivity index (χ4v) is 3.57. The van der Waals surface area contributed by atoms with Crippen LogP contribution in [-0.2, 0) is 4.79 Å². The molecule has 1 amide bonds. The van der Waals surface area contributed by atoms with Crippen molar-refractivity contribution in [1.29, 1.82) is 0 Å². The number of nitrogens with one attached hydrogen (secondary N) is 1. The number of anilines is 1. The molecular weight excluding hydrogens is 413 g/mol. The maximum absolute atomic E-state index is 11.8. The summed E-state index contributed by atoms with van der Waals surface area (Å²) in [6.07, 6.45) is 1.93. The Morgan fingerprint density at radius 1 is 1.42 bits per heavy atom. The highest BCUT2D eigenvalue weighted by molar-refractivity contribution is 14.1. The molecule has 1 heterocycles. The quantitative estimate of drug-likeness (QED) is 0.589. The van der Waals surface area contributed by atoms with E-state index >= 15 is 0 Å². The van der Waals surface area contributed by atoms with E-state index < -0.39 is 0 Å². The number of carbonyl (C=O) groups excluding carboxylic acids is 1. The van der Waals surface area contributed by atoms with Gasteiger partial charge in [0.15, 0.2) is 4.34 Å². The number of halogens is 1. The van der Waals surface area contributed by atoms with Gasteiger partial charge in [0.05, 0.1) is 5.75 Å². The van der Waals surface area contributed by atoms with Crippen molar-refractivity contribution in [3.8, 4) is 0 Å². The summed E-state index contributed by atoms with van der Waals surface area (Å²) < 4.78 is 6.11. The van der Waals surface area contributed by atoms with E-state index in [0.717, 1.165) is 18.8 Å². The number of hydrogen-bond donors (Lipinski definition) is 1. The number of rotatable bonds is 5. The van der Waals surface area contributed by atoms with Gasteiger partial charge < -0.3 is 5.32 Å². The first-order valence-electron chi connectivity index (χ1n) is 5.23. The van der Waals surface area contributed by atoms with E-state index in [2.05, 4.69) is 37.3 Å². The summed E-state index contributed by atoms with van der Waals surface area (Å²) in [6, 6.07) is 7.69. The fourth-order valence-electron chi connectivity index (χ4n) is 1.20. The molecule has 1 aromatic heterocycles. The van der Waals surface area contributed by atoms with E-state index in [4.69, 9.17) is 0 Å². The van der Waals surface area contributed by atoms with E-state index in [1.54, 1.807) is 0 Å². The number of nitrogens with zero attached hydrogens (tertiary/aromatic N) is 2. The van der Waals surface area contributed by atoms with Gasteiger partial charge in [-0.15, -0.1) is 0 Å². The monoisotopic (exact) mass is 423 g/mol. The summed E-state index contributed by atoms with van der Waals surface area (Å²) in [5.74, 6) is 0.307. The van der Waals surface area contributed by atoms with Gasteiger partial charge in [0, 0.05) is 9.26 Å². The number of thioether (sulfide) groups is 2. The van der Waals surface area contributed by atoms with Crippen molar-refractivity contribution in [2.24, 2.45) is 0 Å². The Balaban J connectivity index is 1.82. The molecule has 0 fully saturated rings. The lowest BCUT2D eigenvalue weighted by Gasteiger charge is -2.03. The number of carbonyl (C=O) groups is 1. The smallest absolute Gasteiger partial charge is 0.234 e. The predicted octanol–water partition coefficient (Wildman–Crippen LogP) is 3.60. The van der Waals surface area contributed by atoms with Gasteiger partial charge in [0.25, 0.3) is 0 Å². The van der Waals surface area contributed by atoms with Crippen LogP contribution in [0.2, 0.25) is 0 Å². The molecule has 0 saturated heterocycles. The molecule has 0 unspecified atom stereocenters. The third-order valence-corrected chi connectivity index (χ3v) is 5.24. The molecular formula is C11H10IN3OS3. The van der Waals surface area contributed by atoms with Crippen LogP contribution >= 0.6 is 57.6 Å². The van der Waals surface area contributed by atoms with Gasteiger partial charge in [-0.3, -0.25) is 4.79 Å². The van der Waals surface area contributed by atoms with Crippen LogP contribution in [0.1, 0.15) is 0 Å². The van der Waals surface area contributed by atoms with E-state index in [0.29, 0.717) is 5.75 Å². The molecule has 0 bridgehead atoms. The maximum Gasteiger partial charge on any atom is 0.234 e. The predicted molar refractivity (Wildman–Crippen MR) is 90.2 cm³/mol. The number of hydrogen-bond acceptors (Lipinski definition) is 6. The molecule has 0 atom stereocenters. The molecule has 19 heavy (non-hydrogen) atoms. The van der Waals surface area contributed by atoms with Gasteiger partial charge in [-0.1, -0.05) is 23.5 Å². The molecule has 8 heteroatoms. The summed E-state index contributed by atoms with van der Waals surface area (Å²) in [7, 11) is 0. The molecule has 0 spiro atoms. The van der Waals surface area contributed by atoms with Crippen molar-refractivity contribution in [3.05, 3.63) is 27.8 Å². The van der Waals surface area contributed by atoms with E-state index in [1.165, 1.54) is 35.1 Å². The van der Waals surface area contributed by atoms with Crippen LogP contribution in [0.5, 0.6) is 0 Å². The normalized spacial score (nSPS) is 10.4. The third-order valence-electron chi connectivity index (χ3n) is 2.03. The molecule has 0 aliphatic heterocycles. The van der Waals surface area contributed by atoms with E-state index in [-0.39, 0.29) is 5.91 Å². The highest BCUT2D eigenvalue weighted by Gasteiger charge is 2.07. The van der Waals surface area contributed by atoms with Crippen LogP contribution in [0.25, 0.3) is 0 Å². The Kier molecular flexibility index (Phi) is 5.92. The second-order valence-corrected chi connectivity index (χ2v) is 7.38. The van der Waals surface area contributed by atoms with E-state index in [9.17, 15) is 4.79 Å². The fraction of sp³-hybridized carbons (Fsp3) is 0.182. The van der Waals surface area contributed by atoms with E-state index in [1.807, 2.05) is 30.5 Å². The van der Waals surface area contributed by atoms with Crippen LogP contribution in [-0.4, -0.2) is 27.3 Å². The molecule has 1 N–H and O–H groups in total. The van der Waals surface area contributed by atoms with Crippen LogP contribution in [0.15, 0.2) is 33.8 Å². The minimum Gasteiger partial charge on any atom is -0.325 e. The van der Waals surface area contributed by atoms with Crippen molar-refractivity contribution in [2.45, 2.75) is 9.50 Å². The van der Waals surface area contributed by atoms with Crippen molar-refractivity contribution in [3.63, 3.8) is 0 Å². The topological polar surface area (TPSA) is 54.9 Å². The standard InChI is InChI=1S/C11H10IN3OS3/c1-17-10-14-11(19-15-10)18-6-9(16)13-8-4-2-7(12)3-5-8/h2-5H,6H2,1H3,(H,13,16). The van der Waals surface area contributed by atoms with Crippen molar-refractivity contribution >= 4 is 69.2 Å². The maximum atomic E-state index is 11.8. The SMILES string of the molecule is CSc1nsc(SCC(=O)Nc2ccc(I)cc2)n1. The van der Waals surface area contributed by atoms with Gasteiger partial charge in [0.2, 0.25) is 11.1 Å². The van der Waals surface area contributed by atoms with Gasteiger partial charge in [-0.05, 0) is 64.6 Å². The highest BCUT2D eigenvalue weighted by atomic mass is 127. The second kappa shape index (κ2) is 7.46. The van der Waals surface area contributed by atoms with Gasteiger partial charge in [-0.2, -0.15) is 4.37 Å². The Morgan fingerprint density at radius 3 is 2.79 bits per heavy atom. The number of benzene rings is 1. The van der Waals surface area contributed by atoms with Crippen LogP contribution in [0, 0.1) is 3.57 Å². The lowest BCUT2D eigenvalue weighted by molar-refractivity contribution is -0.113. The molecule has 2 rings (SSSR count). The molecule has 0 aliphatic carbocycles. The molecule has 4 nitrogen and oxygen atoms in total. The number of amides is 1. The second-order valence-electron chi connectivity index (χ2n) is 3.39. The molecule has 0 saturated carbocycles. The minimum absolute atomic E-state index is 0.0351. The van der Waals surface area contributed by atoms with Crippen molar-refractivity contribution in [1.82, 2.24) is 9.36 Å². The Hall–Kier alpha value is -0.320. The summed E-state index contributed by atoms with van der Waals surface area (Å²) in [4.78, 5) is 16.0. The van der Waals surface area contributed by atoms with Crippen molar-refractivity contribution < 1.29 is 4.79 Å². The minimum atomic E-state index is -0.0351. The summed E-state index contributed by atoms with van der Waals surface area (Å²) in [5, 5.41) is 3.60. The molecule has 1 aromatic carbocycles. The van der Waals surface area contributed by atoms with Gasteiger partial charge in [0.1, 0.15) is 0 Å². The first kappa shape index (κ1) is 15.1. The summed E-state index contributed by atoms with van der Waals surface area (Å²) in [5.41, 5.74) is 0.813.